The lowest BCUT2D eigenvalue weighted by Crippen LogP contribution is -2.32. The Morgan fingerprint density at radius 3 is 2.92 bits per heavy atom. The van der Waals surface area contributed by atoms with Gasteiger partial charge < -0.3 is 4.90 Å². The summed E-state index contributed by atoms with van der Waals surface area (Å²) in [5, 5.41) is 17.5. The maximum atomic E-state index is 13.4. The summed E-state index contributed by atoms with van der Waals surface area (Å²) in [5.74, 6) is 0.557. The van der Waals surface area contributed by atoms with E-state index in [2.05, 4.69) is 25.1 Å². The summed E-state index contributed by atoms with van der Waals surface area (Å²) in [4.78, 5) is 10.2. The fourth-order valence-electron chi connectivity index (χ4n) is 2.89. The van der Waals surface area contributed by atoms with E-state index in [-0.39, 0.29) is 11.6 Å². The lowest BCUT2D eigenvalue weighted by Gasteiger charge is -2.29. The van der Waals surface area contributed by atoms with Gasteiger partial charge in [0.1, 0.15) is 17.7 Å². The first kappa shape index (κ1) is 15.1. The fourth-order valence-corrected chi connectivity index (χ4v) is 2.89. The van der Waals surface area contributed by atoms with Gasteiger partial charge in [-0.1, -0.05) is 12.1 Å². The van der Waals surface area contributed by atoms with Crippen LogP contribution >= 0.6 is 0 Å². The Kier molecular flexibility index (Phi) is 3.78. The fraction of sp³-hybridized carbons (Fsp3) is 0.167. The Hall–Kier alpha value is -3.40. The van der Waals surface area contributed by atoms with Crippen LogP contribution in [0.3, 0.4) is 0 Å². The molecule has 3 aromatic rings. The highest BCUT2D eigenvalue weighted by Crippen LogP contribution is 2.25. The van der Waals surface area contributed by atoms with Crippen LogP contribution in [-0.2, 0) is 13.0 Å². The lowest BCUT2D eigenvalue weighted by molar-refractivity contribution is 0.628. The summed E-state index contributed by atoms with van der Waals surface area (Å²) in [7, 11) is 0. The zero-order chi connectivity index (χ0) is 17.2. The standard InChI is InChI=1S/C18H13FN6/c19-14-3-1-2-12(8-14)16-9-13-11-25(7-5-15(13)23-24-16)18-4-6-21-17(10-20)22-18/h1-4,6,8-9H,5,7,11H2. The molecule has 4 rings (SSSR count). The van der Waals surface area contributed by atoms with Crippen molar-refractivity contribution in [2.75, 3.05) is 11.4 Å². The molecule has 25 heavy (non-hydrogen) atoms. The summed E-state index contributed by atoms with van der Waals surface area (Å²) in [5.41, 5.74) is 3.30. The van der Waals surface area contributed by atoms with Crippen molar-refractivity contribution in [1.29, 1.82) is 5.26 Å². The van der Waals surface area contributed by atoms with E-state index in [1.54, 1.807) is 18.3 Å². The van der Waals surface area contributed by atoms with Crippen LogP contribution in [0.15, 0.2) is 42.6 Å². The van der Waals surface area contributed by atoms with Gasteiger partial charge in [0.15, 0.2) is 0 Å². The second kappa shape index (κ2) is 6.24. The van der Waals surface area contributed by atoms with Crippen LogP contribution in [0.5, 0.6) is 0 Å². The number of benzene rings is 1. The van der Waals surface area contributed by atoms with Crippen molar-refractivity contribution in [3.63, 3.8) is 0 Å². The third-order valence-electron chi connectivity index (χ3n) is 4.13. The molecule has 1 aromatic carbocycles. The first-order chi connectivity index (χ1) is 12.2. The average molecular weight is 332 g/mol. The molecule has 0 saturated heterocycles. The molecular weight excluding hydrogens is 319 g/mol. The average Bonchev–Trinajstić information content (AvgIpc) is 2.67. The van der Waals surface area contributed by atoms with Crippen LogP contribution in [0.1, 0.15) is 17.1 Å². The molecule has 0 aliphatic carbocycles. The molecule has 1 aliphatic heterocycles. The van der Waals surface area contributed by atoms with E-state index in [1.165, 1.54) is 12.1 Å². The van der Waals surface area contributed by atoms with E-state index < -0.39 is 0 Å². The highest BCUT2D eigenvalue weighted by Gasteiger charge is 2.20. The third-order valence-corrected chi connectivity index (χ3v) is 4.13. The maximum absolute atomic E-state index is 13.4. The summed E-state index contributed by atoms with van der Waals surface area (Å²) in [6, 6.07) is 12.0. The second-order valence-corrected chi connectivity index (χ2v) is 5.73. The molecule has 0 N–H and O–H groups in total. The molecule has 0 atom stereocenters. The molecule has 0 amide bonds. The van der Waals surface area contributed by atoms with Crippen LogP contribution in [0.4, 0.5) is 10.2 Å². The molecule has 2 aromatic heterocycles. The Morgan fingerprint density at radius 2 is 2.08 bits per heavy atom. The molecule has 6 nitrogen and oxygen atoms in total. The molecule has 7 heteroatoms. The van der Waals surface area contributed by atoms with Gasteiger partial charge in [-0.2, -0.15) is 15.5 Å². The van der Waals surface area contributed by atoms with Crippen molar-refractivity contribution in [2.24, 2.45) is 0 Å². The van der Waals surface area contributed by atoms with Crippen molar-refractivity contribution in [1.82, 2.24) is 20.2 Å². The number of aromatic nitrogens is 4. The first-order valence-corrected chi connectivity index (χ1v) is 7.82. The summed E-state index contributed by atoms with van der Waals surface area (Å²) in [6.07, 6.45) is 2.32. The molecule has 3 heterocycles. The predicted octanol–water partition coefficient (Wildman–Crippen LogP) is 2.51. The van der Waals surface area contributed by atoms with Crippen LogP contribution < -0.4 is 4.90 Å². The second-order valence-electron chi connectivity index (χ2n) is 5.73. The van der Waals surface area contributed by atoms with Gasteiger partial charge in [0.05, 0.1) is 11.4 Å². The van der Waals surface area contributed by atoms with Crippen LogP contribution in [0.2, 0.25) is 0 Å². The molecule has 0 fully saturated rings. The largest absolute Gasteiger partial charge is 0.352 e. The lowest BCUT2D eigenvalue weighted by atomic mass is 10.0. The number of nitriles is 1. The van der Waals surface area contributed by atoms with E-state index in [9.17, 15) is 4.39 Å². The number of halogens is 1. The van der Waals surface area contributed by atoms with Gasteiger partial charge in [-0.25, -0.2) is 14.4 Å². The van der Waals surface area contributed by atoms with Crippen LogP contribution in [0, 0.1) is 17.1 Å². The molecule has 0 spiro atoms. The summed E-state index contributed by atoms with van der Waals surface area (Å²) in [6.45, 7) is 1.35. The Bertz CT molecular complexity index is 981. The van der Waals surface area contributed by atoms with E-state index in [1.807, 2.05) is 18.2 Å². The molecule has 0 unspecified atom stereocenters. The van der Waals surface area contributed by atoms with Crippen molar-refractivity contribution >= 4 is 5.82 Å². The smallest absolute Gasteiger partial charge is 0.234 e. The van der Waals surface area contributed by atoms with Gasteiger partial charge in [0.25, 0.3) is 0 Å². The number of hydrogen-bond donors (Lipinski definition) is 0. The highest BCUT2D eigenvalue weighted by atomic mass is 19.1. The summed E-state index contributed by atoms with van der Waals surface area (Å²) >= 11 is 0. The molecule has 0 saturated carbocycles. The van der Waals surface area contributed by atoms with Crippen LogP contribution in [0.25, 0.3) is 11.3 Å². The van der Waals surface area contributed by atoms with E-state index in [0.29, 0.717) is 23.6 Å². The SMILES string of the molecule is N#Cc1nccc(N2CCc3nnc(-c4cccc(F)c4)cc3C2)n1. The zero-order valence-corrected chi connectivity index (χ0v) is 13.2. The first-order valence-electron chi connectivity index (χ1n) is 7.82. The van der Waals surface area contributed by atoms with E-state index in [4.69, 9.17) is 5.26 Å². The predicted molar refractivity (Wildman–Crippen MR) is 88.9 cm³/mol. The van der Waals surface area contributed by atoms with Gasteiger partial charge in [0, 0.05) is 31.3 Å². The Balaban J connectivity index is 1.66. The molecule has 0 bridgehead atoms. The van der Waals surface area contributed by atoms with E-state index in [0.717, 1.165) is 24.2 Å². The maximum Gasteiger partial charge on any atom is 0.234 e. The van der Waals surface area contributed by atoms with E-state index >= 15 is 0 Å². The summed E-state index contributed by atoms with van der Waals surface area (Å²) < 4.78 is 13.4. The molecule has 0 radical (unpaired) electrons. The quantitative estimate of drug-likeness (QED) is 0.717. The van der Waals surface area contributed by atoms with Crippen molar-refractivity contribution in [3.05, 3.63) is 65.5 Å². The number of fused-ring (bicyclic) bond motifs is 1. The minimum atomic E-state index is -0.302. The third kappa shape index (κ3) is 3.02. The van der Waals surface area contributed by atoms with Crippen molar-refractivity contribution in [3.8, 4) is 17.3 Å². The monoisotopic (exact) mass is 332 g/mol. The number of anilines is 1. The van der Waals surface area contributed by atoms with Gasteiger partial charge in [-0.3, -0.25) is 0 Å². The highest BCUT2D eigenvalue weighted by molar-refractivity contribution is 5.60. The minimum absolute atomic E-state index is 0.150. The van der Waals surface area contributed by atoms with Gasteiger partial charge in [-0.05, 0) is 29.8 Å². The van der Waals surface area contributed by atoms with Crippen molar-refractivity contribution in [2.45, 2.75) is 13.0 Å². The number of nitrogens with zero attached hydrogens (tertiary/aromatic N) is 6. The van der Waals surface area contributed by atoms with Crippen LogP contribution in [-0.4, -0.2) is 26.7 Å². The zero-order valence-electron chi connectivity index (χ0n) is 13.2. The molecular formula is C18H13FN6. The number of hydrogen-bond acceptors (Lipinski definition) is 6. The topological polar surface area (TPSA) is 78.6 Å². The van der Waals surface area contributed by atoms with Crippen molar-refractivity contribution < 1.29 is 4.39 Å². The molecule has 1 aliphatic rings. The minimum Gasteiger partial charge on any atom is -0.352 e. The number of rotatable bonds is 2. The van der Waals surface area contributed by atoms with Gasteiger partial charge in [-0.15, -0.1) is 0 Å². The normalized spacial score (nSPS) is 13.2. The van der Waals surface area contributed by atoms with Gasteiger partial charge in [0.2, 0.25) is 5.82 Å². The Morgan fingerprint density at radius 1 is 1.16 bits per heavy atom. The van der Waals surface area contributed by atoms with Gasteiger partial charge >= 0.3 is 0 Å². The Labute approximate surface area is 143 Å². The molecule has 122 valence electrons.